The predicted molar refractivity (Wildman–Crippen MR) is 137 cm³/mol. The van der Waals surface area contributed by atoms with E-state index in [4.69, 9.17) is 16.3 Å². The van der Waals surface area contributed by atoms with E-state index in [-0.39, 0.29) is 23.4 Å². The molecule has 0 unspecified atom stereocenters. The van der Waals surface area contributed by atoms with Gasteiger partial charge in [0.1, 0.15) is 24.0 Å². The van der Waals surface area contributed by atoms with E-state index in [1.165, 1.54) is 24.3 Å². The van der Waals surface area contributed by atoms with Crippen LogP contribution in [0.4, 0.5) is 14.5 Å². The summed E-state index contributed by atoms with van der Waals surface area (Å²) >= 11 is 6.28. The van der Waals surface area contributed by atoms with Crippen molar-refractivity contribution in [3.05, 3.63) is 100 Å². The first-order chi connectivity index (χ1) is 17.4. The lowest BCUT2D eigenvalue weighted by atomic mass is 10.1. The Morgan fingerprint density at radius 1 is 1.05 bits per heavy atom. The monoisotopic (exact) mass is 546 g/mol. The van der Waals surface area contributed by atoms with Gasteiger partial charge in [-0.05, 0) is 67.6 Å². The third-order valence-electron chi connectivity index (χ3n) is 5.42. The first-order valence-corrected chi connectivity index (χ1v) is 13.1. The van der Waals surface area contributed by atoms with Gasteiger partial charge in [-0.25, -0.2) is 22.0 Å². The van der Waals surface area contributed by atoms with Gasteiger partial charge in [0, 0.05) is 33.6 Å². The van der Waals surface area contributed by atoms with Crippen LogP contribution < -0.4 is 9.46 Å². The molecule has 4 aromatic rings. The Morgan fingerprint density at radius 3 is 2.49 bits per heavy atom. The number of aryl methyl sites for hydroxylation is 1. The molecule has 0 bridgehead atoms. The average molecular weight is 547 g/mol. The van der Waals surface area contributed by atoms with Crippen molar-refractivity contribution in [3.63, 3.8) is 0 Å². The van der Waals surface area contributed by atoms with Crippen LogP contribution in [0.15, 0.2) is 66.7 Å². The normalized spacial score (nSPS) is 11.4. The number of carbonyl (C=O) groups is 1. The number of nitrogens with zero attached hydrogens (tertiary/aromatic N) is 1. The summed E-state index contributed by atoms with van der Waals surface area (Å²) in [7, 11) is -3.67. The number of aromatic carboxylic acids is 1. The molecule has 3 aromatic carbocycles. The average Bonchev–Trinajstić information content (AvgIpc) is 3.19. The second-order valence-electron chi connectivity index (χ2n) is 8.31. The molecule has 0 aliphatic heterocycles. The molecule has 0 amide bonds. The van der Waals surface area contributed by atoms with Crippen LogP contribution in [0, 0.1) is 18.6 Å². The molecule has 0 aliphatic rings. The van der Waals surface area contributed by atoms with Gasteiger partial charge < -0.3 is 14.4 Å². The van der Waals surface area contributed by atoms with E-state index in [1.54, 1.807) is 41.8 Å². The predicted octanol–water partition coefficient (Wildman–Crippen LogP) is 6.03. The lowest BCUT2D eigenvalue weighted by Crippen LogP contribution is -2.11. The number of halogens is 3. The highest BCUT2D eigenvalue weighted by atomic mass is 35.5. The second-order valence-corrected chi connectivity index (χ2v) is 10.5. The zero-order chi connectivity index (χ0) is 26.9. The summed E-state index contributed by atoms with van der Waals surface area (Å²) < 4.78 is 60.9. The Hall–Kier alpha value is -3.89. The summed E-state index contributed by atoms with van der Waals surface area (Å²) in [6, 6.07) is 15.7. The molecular weight excluding hydrogens is 526 g/mol. The lowest BCUT2D eigenvalue weighted by Gasteiger charge is -2.18. The first-order valence-electron chi connectivity index (χ1n) is 10.8. The molecule has 7 nitrogen and oxygen atoms in total. The van der Waals surface area contributed by atoms with Gasteiger partial charge in [-0.3, -0.25) is 4.72 Å². The molecule has 0 saturated carbocycles. The molecule has 1 heterocycles. The highest BCUT2D eigenvalue weighted by Gasteiger charge is 2.18. The fourth-order valence-corrected chi connectivity index (χ4v) is 4.57. The minimum absolute atomic E-state index is 0.0748. The fraction of sp³-hybridized carbons (Fsp3) is 0.115. The maximum Gasteiger partial charge on any atom is 0.335 e. The summed E-state index contributed by atoms with van der Waals surface area (Å²) in [5.41, 5.74) is 2.25. The Balaban J connectivity index is 1.81. The van der Waals surface area contributed by atoms with Gasteiger partial charge in [0.05, 0.1) is 23.2 Å². The number of sulfonamides is 1. The van der Waals surface area contributed by atoms with Gasteiger partial charge in [0.15, 0.2) is 0 Å². The molecule has 4 rings (SSSR count). The number of carboxylic acid groups (broad SMARTS) is 1. The highest BCUT2D eigenvalue weighted by Crippen LogP contribution is 2.37. The van der Waals surface area contributed by atoms with Gasteiger partial charge in [-0.1, -0.05) is 11.6 Å². The van der Waals surface area contributed by atoms with Gasteiger partial charge in [0.2, 0.25) is 10.0 Å². The van der Waals surface area contributed by atoms with Crippen LogP contribution in [-0.4, -0.2) is 30.3 Å². The standard InChI is InChI=1S/C26H21ClF2N2O5S/c1-15-3-7-24(31(15)21-10-17(26(32)33)9-20(13-21)30-37(2,34)35)22-11-18(27)5-8-25(22)36-14-16-4-6-19(28)12-23(16)29/h3-13,30H,14H2,1-2H3,(H,32,33). The van der Waals surface area contributed by atoms with Crippen molar-refractivity contribution in [3.8, 4) is 22.7 Å². The van der Waals surface area contributed by atoms with Crippen LogP contribution in [0.3, 0.4) is 0 Å². The van der Waals surface area contributed by atoms with Gasteiger partial charge in [-0.2, -0.15) is 0 Å². The number of anilines is 1. The molecule has 192 valence electrons. The number of carboxylic acids is 1. The summed E-state index contributed by atoms with van der Waals surface area (Å²) in [5, 5.41) is 9.99. The van der Waals surface area contributed by atoms with Crippen LogP contribution in [0.1, 0.15) is 21.6 Å². The Labute approximate surface area is 216 Å². The minimum atomic E-state index is -3.67. The number of aromatic nitrogens is 1. The Bertz CT molecular complexity index is 1620. The van der Waals surface area contributed by atoms with Crippen molar-refractivity contribution in [2.75, 3.05) is 11.0 Å². The summed E-state index contributed by atoms with van der Waals surface area (Å²) in [5.74, 6) is -2.34. The number of ether oxygens (including phenoxy) is 1. The van der Waals surface area contributed by atoms with Crippen molar-refractivity contribution in [1.82, 2.24) is 4.57 Å². The maximum absolute atomic E-state index is 14.1. The topological polar surface area (TPSA) is 97.6 Å². The van der Waals surface area contributed by atoms with E-state index in [0.717, 1.165) is 18.4 Å². The summed E-state index contributed by atoms with van der Waals surface area (Å²) in [6.45, 7) is 1.61. The third-order valence-corrected chi connectivity index (χ3v) is 6.26. The minimum Gasteiger partial charge on any atom is -0.488 e. The first kappa shape index (κ1) is 26.2. The SMILES string of the molecule is Cc1ccc(-c2cc(Cl)ccc2OCc2ccc(F)cc2F)n1-c1cc(NS(C)(=O)=O)cc(C(=O)O)c1. The molecule has 0 radical (unpaired) electrons. The van der Waals surface area contributed by atoms with Crippen LogP contribution in [0.5, 0.6) is 5.75 Å². The number of nitrogens with one attached hydrogen (secondary N) is 1. The van der Waals surface area contributed by atoms with E-state index in [2.05, 4.69) is 4.72 Å². The Kier molecular flexibility index (Phi) is 7.24. The molecule has 2 N–H and O–H groups in total. The third kappa shape index (κ3) is 6.10. The largest absolute Gasteiger partial charge is 0.488 e. The van der Waals surface area contributed by atoms with Crippen LogP contribution >= 0.6 is 11.6 Å². The van der Waals surface area contributed by atoms with E-state index in [1.807, 2.05) is 0 Å². The maximum atomic E-state index is 14.1. The molecule has 0 saturated heterocycles. The van der Waals surface area contributed by atoms with E-state index in [0.29, 0.717) is 33.4 Å². The molecule has 37 heavy (non-hydrogen) atoms. The van der Waals surface area contributed by atoms with Crippen LogP contribution in [0.25, 0.3) is 16.9 Å². The van der Waals surface area contributed by atoms with E-state index in [9.17, 15) is 27.1 Å². The second kappa shape index (κ2) is 10.2. The van der Waals surface area contributed by atoms with Crippen molar-refractivity contribution in [2.24, 2.45) is 0 Å². The zero-order valence-electron chi connectivity index (χ0n) is 19.6. The number of benzene rings is 3. The summed E-state index contributed by atoms with van der Waals surface area (Å²) in [6.07, 6.45) is 0.964. The molecule has 11 heteroatoms. The smallest absolute Gasteiger partial charge is 0.335 e. The number of hydrogen-bond donors (Lipinski definition) is 2. The van der Waals surface area contributed by atoms with Crippen molar-refractivity contribution < 1.29 is 31.8 Å². The lowest BCUT2D eigenvalue weighted by molar-refractivity contribution is 0.0697. The van der Waals surface area contributed by atoms with Gasteiger partial charge in [0.25, 0.3) is 0 Å². The highest BCUT2D eigenvalue weighted by molar-refractivity contribution is 7.92. The van der Waals surface area contributed by atoms with E-state index >= 15 is 0 Å². The van der Waals surface area contributed by atoms with Crippen molar-refractivity contribution >= 4 is 33.3 Å². The molecule has 0 aliphatic carbocycles. The Morgan fingerprint density at radius 2 is 1.81 bits per heavy atom. The van der Waals surface area contributed by atoms with Crippen LogP contribution in [-0.2, 0) is 16.6 Å². The zero-order valence-corrected chi connectivity index (χ0v) is 21.2. The van der Waals surface area contributed by atoms with Crippen molar-refractivity contribution in [1.29, 1.82) is 0 Å². The molecule has 1 aromatic heterocycles. The molecule has 0 spiro atoms. The number of rotatable bonds is 8. The van der Waals surface area contributed by atoms with E-state index < -0.39 is 27.6 Å². The molecule has 0 atom stereocenters. The van der Waals surface area contributed by atoms with Crippen LogP contribution in [0.2, 0.25) is 5.02 Å². The molecule has 0 fully saturated rings. The van der Waals surface area contributed by atoms with Gasteiger partial charge >= 0.3 is 5.97 Å². The van der Waals surface area contributed by atoms with Crippen molar-refractivity contribution in [2.45, 2.75) is 13.5 Å². The summed E-state index contributed by atoms with van der Waals surface area (Å²) in [4.78, 5) is 11.8. The number of hydrogen-bond acceptors (Lipinski definition) is 4. The van der Waals surface area contributed by atoms with Gasteiger partial charge in [-0.15, -0.1) is 0 Å². The quantitative estimate of drug-likeness (QED) is 0.281. The fourth-order valence-electron chi connectivity index (χ4n) is 3.85. The molecular formula is C26H21ClF2N2O5S.